The van der Waals surface area contributed by atoms with Crippen molar-refractivity contribution in [3.8, 4) is 0 Å². The second-order valence-corrected chi connectivity index (χ2v) is 4.61. The van der Waals surface area contributed by atoms with Crippen molar-refractivity contribution in [1.29, 1.82) is 0 Å². The maximum atomic E-state index is 11.0. The van der Waals surface area contributed by atoms with Crippen LogP contribution in [-0.4, -0.2) is 37.8 Å². The van der Waals surface area contributed by atoms with Crippen LogP contribution in [0.25, 0.3) is 0 Å². The number of hydrogen-bond donors (Lipinski definition) is 3. The van der Waals surface area contributed by atoms with Gasteiger partial charge in [-0.2, -0.15) is 0 Å². The van der Waals surface area contributed by atoms with E-state index in [1.165, 1.54) is 19.3 Å². The first-order valence-electron chi connectivity index (χ1n) is 6.30. The molecule has 0 aromatic heterocycles. The maximum Gasteiger partial charge on any atom is 0.221 e. The summed E-state index contributed by atoms with van der Waals surface area (Å²) in [6.45, 7) is 1.97. The average Bonchev–Trinajstić information content (AvgIpc) is 2.34. The Kier molecular flexibility index (Phi) is 6.42. The molecule has 4 nitrogen and oxygen atoms in total. The molecule has 0 spiro atoms. The van der Waals surface area contributed by atoms with Crippen LogP contribution >= 0.6 is 0 Å². The van der Waals surface area contributed by atoms with Crippen LogP contribution in [0.1, 0.15) is 32.1 Å². The molecule has 16 heavy (non-hydrogen) atoms. The first-order chi connectivity index (χ1) is 7.77. The van der Waals surface area contributed by atoms with E-state index in [2.05, 4.69) is 10.6 Å². The number of amides is 1. The Bertz CT molecular complexity index is 209. The summed E-state index contributed by atoms with van der Waals surface area (Å²) in [5.41, 5.74) is 0. The van der Waals surface area contributed by atoms with Gasteiger partial charge in [0.15, 0.2) is 0 Å². The van der Waals surface area contributed by atoms with E-state index in [1.807, 2.05) is 0 Å². The Labute approximate surface area is 97.8 Å². The largest absolute Gasteiger partial charge is 0.396 e. The third kappa shape index (κ3) is 4.49. The first kappa shape index (κ1) is 13.5. The summed E-state index contributed by atoms with van der Waals surface area (Å²) in [6.07, 6.45) is 5.42. The van der Waals surface area contributed by atoms with Crippen LogP contribution in [-0.2, 0) is 4.79 Å². The molecule has 1 aliphatic rings. The molecule has 2 unspecified atom stereocenters. The third-order valence-corrected chi connectivity index (χ3v) is 3.52. The van der Waals surface area contributed by atoms with Gasteiger partial charge >= 0.3 is 0 Å². The molecule has 4 heteroatoms. The molecule has 0 saturated heterocycles. The van der Waals surface area contributed by atoms with Crippen molar-refractivity contribution in [3.05, 3.63) is 0 Å². The van der Waals surface area contributed by atoms with Crippen LogP contribution < -0.4 is 10.6 Å². The molecule has 1 aliphatic carbocycles. The lowest BCUT2D eigenvalue weighted by Gasteiger charge is -2.30. The predicted octanol–water partition coefficient (Wildman–Crippen LogP) is 0.511. The lowest BCUT2D eigenvalue weighted by atomic mass is 9.79. The number of aliphatic hydroxyl groups is 1. The Morgan fingerprint density at radius 1 is 1.31 bits per heavy atom. The van der Waals surface area contributed by atoms with Crippen LogP contribution in [0.15, 0.2) is 0 Å². The minimum Gasteiger partial charge on any atom is -0.396 e. The Morgan fingerprint density at radius 3 is 2.62 bits per heavy atom. The van der Waals surface area contributed by atoms with E-state index in [1.54, 1.807) is 7.05 Å². The highest BCUT2D eigenvalue weighted by atomic mass is 16.3. The molecule has 1 amide bonds. The van der Waals surface area contributed by atoms with Gasteiger partial charge in [-0.15, -0.1) is 0 Å². The maximum absolute atomic E-state index is 11.0. The van der Waals surface area contributed by atoms with Gasteiger partial charge in [0.05, 0.1) is 0 Å². The molecule has 0 aromatic rings. The zero-order chi connectivity index (χ0) is 11.8. The quantitative estimate of drug-likeness (QED) is 0.581. The second-order valence-electron chi connectivity index (χ2n) is 4.61. The minimum absolute atomic E-state index is 0.0786. The standard InChI is InChI=1S/C12H24N2O2/c1-13-12(16)6-7-14-8-10-4-2-3-5-11(10)9-15/h10-11,14-15H,2-9H2,1H3,(H,13,16). The van der Waals surface area contributed by atoms with Crippen LogP contribution in [0.4, 0.5) is 0 Å². The molecule has 0 aromatic carbocycles. The lowest BCUT2D eigenvalue weighted by Crippen LogP contribution is -2.34. The molecule has 0 aliphatic heterocycles. The van der Waals surface area contributed by atoms with Crippen LogP contribution in [0.5, 0.6) is 0 Å². The summed E-state index contributed by atoms with van der Waals surface area (Å²) in [5, 5.41) is 15.2. The predicted molar refractivity (Wildman–Crippen MR) is 64.1 cm³/mol. The number of nitrogens with one attached hydrogen (secondary N) is 2. The van der Waals surface area contributed by atoms with E-state index >= 15 is 0 Å². The average molecular weight is 228 g/mol. The molecule has 1 fully saturated rings. The second kappa shape index (κ2) is 7.63. The van der Waals surface area contributed by atoms with Gasteiger partial charge in [-0.1, -0.05) is 12.8 Å². The number of rotatable bonds is 6. The summed E-state index contributed by atoms with van der Waals surface area (Å²) in [5.74, 6) is 1.12. The Balaban J connectivity index is 2.13. The highest BCUT2D eigenvalue weighted by molar-refractivity contribution is 5.75. The van der Waals surface area contributed by atoms with Gasteiger partial charge in [0.1, 0.15) is 0 Å². The molecule has 1 rings (SSSR count). The zero-order valence-electron chi connectivity index (χ0n) is 10.2. The minimum atomic E-state index is 0.0786. The lowest BCUT2D eigenvalue weighted by molar-refractivity contribution is -0.120. The molecular formula is C12H24N2O2. The highest BCUT2D eigenvalue weighted by Crippen LogP contribution is 2.28. The zero-order valence-corrected chi connectivity index (χ0v) is 10.2. The molecule has 3 N–H and O–H groups in total. The SMILES string of the molecule is CNC(=O)CCNCC1CCCCC1CO. The fraction of sp³-hybridized carbons (Fsp3) is 0.917. The number of carbonyl (C=O) groups is 1. The van der Waals surface area contributed by atoms with E-state index in [4.69, 9.17) is 0 Å². The third-order valence-electron chi connectivity index (χ3n) is 3.52. The fourth-order valence-corrected chi connectivity index (χ4v) is 2.41. The van der Waals surface area contributed by atoms with Gasteiger partial charge in [-0.25, -0.2) is 0 Å². The van der Waals surface area contributed by atoms with Gasteiger partial charge in [-0.3, -0.25) is 4.79 Å². The van der Waals surface area contributed by atoms with Crippen LogP contribution in [0, 0.1) is 11.8 Å². The van der Waals surface area contributed by atoms with Crippen molar-refractivity contribution in [1.82, 2.24) is 10.6 Å². The van der Waals surface area contributed by atoms with E-state index in [-0.39, 0.29) is 5.91 Å². The van der Waals surface area contributed by atoms with Crippen LogP contribution in [0.3, 0.4) is 0 Å². The summed E-state index contributed by atoms with van der Waals surface area (Å²) in [7, 11) is 1.66. The van der Waals surface area contributed by atoms with Crippen molar-refractivity contribution in [3.63, 3.8) is 0 Å². The summed E-state index contributed by atoms with van der Waals surface area (Å²) in [6, 6.07) is 0. The monoisotopic (exact) mass is 228 g/mol. The Morgan fingerprint density at radius 2 is 2.00 bits per heavy atom. The van der Waals surface area contributed by atoms with Crippen molar-refractivity contribution < 1.29 is 9.90 Å². The molecule has 94 valence electrons. The molecule has 0 heterocycles. The molecule has 0 bridgehead atoms. The summed E-state index contributed by atoms with van der Waals surface area (Å²) >= 11 is 0. The van der Waals surface area contributed by atoms with Crippen molar-refractivity contribution in [2.75, 3.05) is 26.7 Å². The Hall–Kier alpha value is -0.610. The number of aliphatic hydroxyl groups excluding tert-OH is 1. The normalized spacial score (nSPS) is 25.4. The van der Waals surface area contributed by atoms with Gasteiger partial charge in [0.25, 0.3) is 0 Å². The van der Waals surface area contributed by atoms with E-state index < -0.39 is 0 Å². The summed E-state index contributed by atoms with van der Waals surface area (Å²) < 4.78 is 0. The van der Waals surface area contributed by atoms with E-state index in [9.17, 15) is 9.90 Å². The molecule has 0 radical (unpaired) electrons. The topological polar surface area (TPSA) is 61.4 Å². The van der Waals surface area contributed by atoms with Gasteiger partial charge in [-0.05, 0) is 31.2 Å². The van der Waals surface area contributed by atoms with E-state index in [0.717, 1.165) is 19.5 Å². The highest BCUT2D eigenvalue weighted by Gasteiger charge is 2.23. The van der Waals surface area contributed by atoms with Gasteiger partial charge < -0.3 is 15.7 Å². The first-order valence-corrected chi connectivity index (χ1v) is 6.30. The molecular weight excluding hydrogens is 204 g/mol. The fourth-order valence-electron chi connectivity index (χ4n) is 2.41. The smallest absolute Gasteiger partial charge is 0.221 e. The summed E-state index contributed by atoms with van der Waals surface area (Å²) in [4.78, 5) is 11.0. The van der Waals surface area contributed by atoms with Gasteiger partial charge in [0.2, 0.25) is 5.91 Å². The van der Waals surface area contributed by atoms with E-state index in [0.29, 0.717) is 24.9 Å². The van der Waals surface area contributed by atoms with Crippen molar-refractivity contribution in [2.24, 2.45) is 11.8 Å². The number of carbonyl (C=O) groups excluding carboxylic acids is 1. The number of hydrogen-bond acceptors (Lipinski definition) is 3. The van der Waals surface area contributed by atoms with Crippen molar-refractivity contribution >= 4 is 5.91 Å². The van der Waals surface area contributed by atoms with Crippen LogP contribution in [0.2, 0.25) is 0 Å². The van der Waals surface area contributed by atoms with Crippen molar-refractivity contribution in [2.45, 2.75) is 32.1 Å². The molecule has 1 saturated carbocycles. The molecule has 2 atom stereocenters. The van der Waals surface area contributed by atoms with Gasteiger partial charge in [0, 0.05) is 26.6 Å².